The van der Waals surface area contributed by atoms with Crippen LogP contribution in [0.3, 0.4) is 0 Å². The Morgan fingerprint density at radius 1 is 1.08 bits per heavy atom. The Hall–Kier alpha value is -0.970. The number of ether oxygens (including phenoxy) is 3. The van der Waals surface area contributed by atoms with Crippen molar-refractivity contribution in [1.82, 2.24) is 4.98 Å². The van der Waals surface area contributed by atoms with Gasteiger partial charge in [-0.1, -0.05) is 6.07 Å². The van der Waals surface area contributed by atoms with E-state index in [2.05, 4.69) is 4.98 Å². The zero-order valence-electron chi connectivity index (χ0n) is 7.98. The summed E-state index contributed by atoms with van der Waals surface area (Å²) in [6.07, 6.45) is 1.65. The van der Waals surface area contributed by atoms with E-state index < -0.39 is 5.97 Å². The van der Waals surface area contributed by atoms with Gasteiger partial charge in [-0.15, -0.1) is 0 Å². The summed E-state index contributed by atoms with van der Waals surface area (Å²) < 4.78 is 15.3. The predicted molar refractivity (Wildman–Crippen MR) is 46.9 cm³/mol. The standard InChI is InChI=1S/C9H13NO3/c1-11-9(12-2,13-3)8-6-4-5-7-10-8/h4-7H,1-3H3. The Morgan fingerprint density at radius 3 is 2.08 bits per heavy atom. The molecule has 1 aromatic rings. The fourth-order valence-corrected chi connectivity index (χ4v) is 1.11. The maximum absolute atomic E-state index is 5.12. The molecule has 0 spiro atoms. The van der Waals surface area contributed by atoms with Gasteiger partial charge in [0.25, 0.3) is 0 Å². The van der Waals surface area contributed by atoms with Gasteiger partial charge in [-0.05, 0) is 12.1 Å². The number of hydrogen-bond donors (Lipinski definition) is 0. The van der Waals surface area contributed by atoms with Gasteiger partial charge in [-0.3, -0.25) is 4.98 Å². The van der Waals surface area contributed by atoms with E-state index >= 15 is 0 Å². The highest BCUT2D eigenvalue weighted by molar-refractivity contribution is 5.07. The van der Waals surface area contributed by atoms with E-state index in [4.69, 9.17) is 14.2 Å². The van der Waals surface area contributed by atoms with Crippen LogP contribution in [0.25, 0.3) is 0 Å². The minimum absolute atomic E-state index is 0.586. The van der Waals surface area contributed by atoms with E-state index in [9.17, 15) is 0 Å². The van der Waals surface area contributed by atoms with Gasteiger partial charge in [0.1, 0.15) is 5.69 Å². The van der Waals surface area contributed by atoms with Crippen molar-refractivity contribution in [1.29, 1.82) is 0 Å². The van der Waals surface area contributed by atoms with Crippen LogP contribution in [-0.2, 0) is 20.2 Å². The summed E-state index contributed by atoms with van der Waals surface area (Å²) >= 11 is 0. The van der Waals surface area contributed by atoms with E-state index in [1.807, 2.05) is 12.1 Å². The second-order valence-corrected chi connectivity index (χ2v) is 2.38. The van der Waals surface area contributed by atoms with Crippen molar-refractivity contribution < 1.29 is 14.2 Å². The lowest BCUT2D eigenvalue weighted by molar-refractivity contribution is -0.366. The first-order valence-corrected chi connectivity index (χ1v) is 3.86. The average Bonchev–Trinajstić information content (AvgIpc) is 2.23. The van der Waals surface area contributed by atoms with E-state index in [-0.39, 0.29) is 0 Å². The van der Waals surface area contributed by atoms with Crippen LogP contribution < -0.4 is 0 Å². The van der Waals surface area contributed by atoms with Crippen LogP contribution in [0.15, 0.2) is 24.4 Å². The van der Waals surface area contributed by atoms with Gasteiger partial charge in [0, 0.05) is 27.5 Å². The van der Waals surface area contributed by atoms with Gasteiger partial charge >= 0.3 is 5.97 Å². The molecule has 1 heterocycles. The summed E-state index contributed by atoms with van der Waals surface area (Å²) in [6, 6.07) is 5.43. The monoisotopic (exact) mass is 183 g/mol. The molecule has 4 heteroatoms. The molecule has 0 fully saturated rings. The largest absolute Gasteiger partial charge is 0.329 e. The molecule has 0 atom stereocenters. The SMILES string of the molecule is COC(OC)(OC)c1ccccn1. The van der Waals surface area contributed by atoms with Crippen LogP contribution in [-0.4, -0.2) is 26.3 Å². The Kier molecular flexibility index (Phi) is 3.36. The number of aromatic nitrogens is 1. The number of rotatable bonds is 4. The molecule has 0 aliphatic heterocycles. The number of pyridine rings is 1. The molecule has 1 aromatic heterocycles. The summed E-state index contributed by atoms with van der Waals surface area (Å²) in [5, 5.41) is 0. The first kappa shape index (κ1) is 10.1. The van der Waals surface area contributed by atoms with Gasteiger partial charge < -0.3 is 14.2 Å². The van der Waals surface area contributed by atoms with Gasteiger partial charge in [0.15, 0.2) is 0 Å². The van der Waals surface area contributed by atoms with Crippen molar-refractivity contribution in [3.63, 3.8) is 0 Å². The maximum Gasteiger partial charge on any atom is 0.329 e. The van der Waals surface area contributed by atoms with Crippen LogP contribution in [0.4, 0.5) is 0 Å². The third kappa shape index (κ3) is 1.85. The van der Waals surface area contributed by atoms with Crippen LogP contribution in [0, 0.1) is 0 Å². The van der Waals surface area contributed by atoms with Crippen molar-refractivity contribution in [2.75, 3.05) is 21.3 Å². The van der Waals surface area contributed by atoms with E-state index in [0.29, 0.717) is 5.69 Å². The Labute approximate surface area is 77.5 Å². The van der Waals surface area contributed by atoms with Crippen LogP contribution >= 0.6 is 0 Å². The Balaban J connectivity index is 3.01. The van der Waals surface area contributed by atoms with Gasteiger partial charge in [0.2, 0.25) is 0 Å². The highest BCUT2D eigenvalue weighted by Crippen LogP contribution is 2.24. The zero-order valence-corrected chi connectivity index (χ0v) is 7.98. The zero-order chi connectivity index (χ0) is 9.73. The van der Waals surface area contributed by atoms with E-state index in [0.717, 1.165) is 0 Å². The second-order valence-electron chi connectivity index (χ2n) is 2.38. The lowest BCUT2D eigenvalue weighted by atomic mass is 10.3. The average molecular weight is 183 g/mol. The lowest BCUT2D eigenvalue weighted by Gasteiger charge is -2.27. The molecule has 0 aliphatic rings. The second kappa shape index (κ2) is 4.32. The summed E-state index contributed by atoms with van der Waals surface area (Å²) in [5.74, 6) is -1.19. The fraction of sp³-hybridized carbons (Fsp3) is 0.444. The number of hydrogen-bond acceptors (Lipinski definition) is 4. The van der Waals surface area contributed by atoms with Crippen molar-refractivity contribution in [2.45, 2.75) is 5.97 Å². The third-order valence-corrected chi connectivity index (χ3v) is 1.78. The normalized spacial score (nSPS) is 11.6. The first-order valence-electron chi connectivity index (χ1n) is 3.86. The molecule has 0 N–H and O–H groups in total. The van der Waals surface area contributed by atoms with Crippen molar-refractivity contribution in [3.8, 4) is 0 Å². The molecular weight excluding hydrogens is 170 g/mol. The molecule has 0 aliphatic carbocycles. The maximum atomic E-state index is 5.12. The highest BCUT2D eigenvalue weighted by atomic mass is 16.9. The van der Waals surface area contributed by atoms with E-state index in [1.54, 1.807) is 12.3 Å². The molecule has 13 heavy (non-hydrogen) atoms. The lowest BCUT2D eigenvalue weighted by Crippen LogP contribution is -2.33. The van der Waals surface area contributed by atoms with Crippen LogP contribution in [0.2, 0.25) is 0 Å². The van der Waals surface area contributed by atoms with Crippen LogP contribution in [0.5, 0.6) is 0 Å². The van der Waals surface area contributed by atoms with Crippen molar-refractivity contribution >= 4 is 0 Å². The van der Waals surface area contributed by atoms with Gasteiger partial charge in [-0.25, -0.2) is 0 Å². The molecule has 72 valence electrons. The molecule has 0 unspecified atom stereocenters. The molecule has 0 saturated carbocycles. The molecule has 0 amide bonds. The Bertz CT molecular complexity index is 238. The topological polar surface area (TPSA) is 40.6 Å². The minimum Gasteiger partial charge on any atom is -0.326 e. The third-order valence-electron chi connectivity index (χ3n) is 1.78. The van der Waals surface area contributed by atoms with Crippen molar-refractivity contribution in [3.05, 3.63) is 30.1 Å². The predicted octanol–water partition coefficient (Wildman–Crippen LogP) is 1.13. The Morgan fingerprint density at radius 2 is 1.69 bits per heavy atom. The van der Waals surface area contributed by atoms with Crippen molar-refractivity contribution in [2.24, 2.45) is 0 Å². The number of methoxy groups -OCH3 is 3. The van der Waals surface area contributed by atoms with E-state index in [1.165, 1.54) is 21.3 Å². The summed E-state index contributed by atoms with van der Waals surface area (Å²) in [7, 11) is 4.50. The molecule has 1 rings (SSSR count). The minimum atomic E-state index is -1.19. The van der Waals surface area contributed by atoms with Crippen LogP contribution in [0.1, 0.15) is 5.69 Å². The first-order chi connectivity index (χ1) is 6.29. The van der Waals surface area contributed by atoms with Gasteiger partial charge in [0.05, 0.1) is 0 Å². The molecular formula is C9H13NO3. The summed E-state index contributed by atoms with van der Waals surface area (Å²) in [5.41, 5.74) is 0.586. The summed E-state index contributed by atoms with van der Waals surface area (Å²) in [6.45, 7) is 0. The van der Waals surface area contributed by atoms with Gasteiger partial charge in [-0.2, -0.15) is 0 Å². The number of nitrogens with zero attached hydrogens (tertiary/aromatic N) is 1. The smallest absolute Gasteiger partial charge is 0.326 e. The molecule has 4 nitrogen and oxygen atoms in total. The summed E-state index contributed by atoms with van der Waals surface area (Å²) in [4.78, 5) is 4.09. The molecule has 0 bridgehead atoms. The molecule has 0 radical (unpaired) electrons. The highest BCUT2D eigenvalue weighted by Gasteiger charge is 2.33. The fourth-order valence-electron chi connectivity index (χ4n) is 1.11. The molecule has 0 aromatic carbocycles. The quantitative estimate of drug-likeness (QED) is 0.656. The molecule has 0 saturated heterocycles.